The summed E-state index contributed by atoms with van der Waals surface area (Å²) in [7, 11) is 2.61. The summed E-state index contributed by atoms with van der Waals surface area (Å²) in [5.74, 6) is -1.78. The first-order valence-corrected chi connectivity index (χ1v) is 7.61. The van der Waals surface area contributed by atoms with Crippen LogP contribution in [0.25, 0.3) is 5.57 Å². The van der Waals surface area contributed by atoms with Crippen LogP contribution in [0.5, 0.6) is 0 Å². The molecule has 0 saturated heterocycles. The molecule has 2 aromatic rings. The summed E-state index contributed by atoms with van der Waals surface area (Å²) in [6, 6.07) is 18.9. The number of ether oxygens (including phenoxy) is 2. The second-order valence-corrected chi connectivity index (χ2v) is 5.26. The van der Waals surface area contributed by atoms with Gasteiger partial charge >= 0.3 is 11.9 Å². The van der Waals surface area contributed by atoms with Gasteiger partial charge in [0.15, 0.2) is 0 Å². The van der Waals surface area contributed by atoms with Gasteiger partial charge in [0.1, 0.15) is 0 Å². The predicted molar refractivity (Wildman–Crippen MR) is 92.1 cm³/mol. The van der Waals surface area contributed by atoms with E-state index in [9.17, 15) is 9.59 Å². The summed E-state index contributed by atoms with van der Waals surface area (Å²) >= 11 is 0. The van der Waals surface area contributed by atoms with Crippen molar-refractivity contribution in [1.29, 1.82) is 0 Å². The summed E-state index contributed by atoms with van der Waals surface area (Å²) in [5.41, 5.74) is 2.61. The van der Waals surface area contributed by atoms with Gasteiger partial charge in [0, 0.05) is 5.57 Å². The van der Waals surface area contributed by atoms with Crippen molar-refractivity contribution in [2.45, 2.75) is 6.92 Å². The minimum atomic E-state index is -0.752. The number of carbonyl (C=O) groups excluding carboxylic acids is 2. The van der Waals surface area contributed by atoms with E-state index in [1.54, 1.807) is 6.92 Å². The third-order valence-electron chi connectivity index (χ3n) is 3.79. The van der Waals surface area contributed by atoms with Crippen molar-refractivity contribution in [3.8, 4) is 0 Å². The van der Waals surface area contributed by atoms with Crippen LogP contribution in [0.3, 0.4) is 0 Å². The molecule has 24 heavy (non-hydrogen) atoms. The summed E-state index contributed by atoms with van der Waals surface area (Å²) in [5, 5.41) is 0. The number of esters is 2. The molecule has 0 aliphatic rings. The molecule has 4 heteroatoms. The van der Waals surface area contributed by atoms with E-state index in [-0.39, 0.29) is 5.57 Å². The van der Waals surface area contributed by atoms with E-state index in [2.05, 4.69) is 0 Å². The van der Waals surface area contributed by atoms with Crippen LogP contribution in [0.4, 0.5) is 0 Å². The number of hydrogen-bond donors (Lipinski definition) is 0. The first kappa shape index (κ1) is 17.5. The average Bonchev–Trinajstić information content (AvgIpc) is 2.65. The van der Waals surface area contributed by atoms with Crippen LogP contribution in [-0.4, -0.2) is 26.2 Å². The number of benzene rings is 2. The van der Waals surface area contributed by atoms with Crippen molar-refractivity contribution in [1.82, 2.24) is 0 Å². The fraction of sp³-hybridized carbons (Fsp3) is 0.200. The Labute approximate surface area is 141 Å². The zero-order valence-electron chi connectivity index (χ0n) is 14.0. The van der Waals surface area contributed by atoms with Gasteiger partial charge in [-0.25, -0.2) is 4.79 Å². The Bertz CT molecular complexity index is 691. The monoisotopic (exact) mass is 324 g/mol. The molecule has 0 aliphatic carbocycles. The molecule has 0 aromatic heterocycles. The molecule has 2 aromatic carbocycles. The molecule has 0 N–H and O–H groups in total. The van der Waals surface area contributed by atoms with Crippen LogP contribution >= 0.6 is 0 Å². The second-order valence-electron chi connectivity index (χ2n) is 5.26. The zero-order valence-corrected chi connectivity index (χ0v) is 14.0. The molecule has 0 fully saturated rings. The predicted octanol–water partition coefficient (Wildman–Crippen LogP) is 3.47. The summed E-state index contributed by atoms with van der Waals surface area (Å²) in [6.45, 7) is 1.64. The number of hydrogen-bond acceptors (Lipinski definition) is 4. The lowest BCUT2D eigenvalue weighted by atomic mass is 9.87. The molecule has 0 amide bonds. The molecule has 1 atom stereocenters. The van der Waals surface area contributed by atoms with Crippen molar-refractivity contribution in [3.05, 3.63) is 77.4 Å². The standard InChI is InChI=1S/C20H20O4/c1-14(19(21)23-2)17(20(22)24-3)18(15-10-6-4-7-11-15)16-12-8-5-9-13-16/h4-14H,1-3H3/t14-/m0/s1. The maximum Gasteiger partial charge on any atom is 0.335 e. The molecule has 2 rings (SSSR count). The highest BCUT2D eigenvalue weighted by atomic mass is 16.5. The number of methoxy groups -OCH3 is 2. The summed E-state index contributed by atoms with van der Waals surface area (Å²) < 4.78 is 9.78. The van der Waals surface area contributed by atoms with Gasteiger partial charge in [-0.3, -0.25) is 4.79 Å². The van der Waals surface area contributed by atoms with E-state index in [0.717, 1.165) is 11.1 Å². The zero-order chi connectivity index (χ0) is 17.5. The van der Waals surface area contributed by atoms with Crippen molar-refractivity contribution < 1.29 is 19.1 Å². The third-order valence-corrected chi connectivity index (χ3v) is 3.79. The van der Waals surface area contributed by atoms with Gasteiger partial charge in [-0.15, -0.1) is 0 Å². The van der Waals surface area contributed by atoms with Gasteiger partial charge in [-0.1, -0.05) is 60.7 Å². The van der Waals surface area contributed by atoms with E-state index in [0.29, 0.717) is 5.57 Å². The molecular formula is C20H20O4. The SMILES string of the molecule is COC(=O)C(=C(c1ccccc1)c1ccccc1)[C@H](C)C(=O)OC. The Hall–Kier alpha value is -2.88. The lowest BCUT2D eigenvalue weighted by Gasteiger charge is -2.19. The highest BCUT2D eigenvalue weighted by molar-refractivity contribution is 6.05. The normalized spacial score (nSPS) is 11.3. The molecule has 0 radical (unpaired) electrons. The number of rotatable bonds is 5. The fourth-order valence-electron chi connectivity index (χ4n) is 2.59. The lowest BCUT2D eigenvalue weighted by molar-refractivity contribution is -0.146. The largest absolute Gasteiger partial charge is 0.469 e. The van der Waals surface area contributed by atoms with E-state index in [4.69, 9.17) is 9.47 Å². The van der Waals surface area contributed by atoms with Gasteiger partial charge < -0.3 is 9.47 Å². The Morgan fingerprint density at radius 3 is 1.62 bits per heavy atom. The van der Waals surface area contributed by atoms with Gasteiger partial charge in [0.2, 0.25) is 0 Å². The van der Waals surface area contributed by atoms with Crippen LogP contribution < -0.4 is 0 Å². The molecule has 4 nitrogen and oxygen atoms in total. The quantitative estimate of drug-likeness (QED) is 0.624. The molecule has 0 spiro atoms. The lowest BCUT2D eigenvalue weighted by Crippen LogP contribution is -2.23. The maximum atomic E-state index is 12.5. The number of carbonyl (C=O) groups is 2. The minimum absolute atomic E-state index is 0.279. The van der Waals surface area contributed by atoms with Crippen LogP contribution in [-0.2, 0) is 19.1 Å². The first-order chi connectivity index (χ1) is 11.6. The maximum absolute atomic E-state index is 12.5. The topological polar surface area (TPSA) is 52.6 Å². The summed E-state index contributed by atoms with van der Waals surface area (Å²) in [6.07, 6.45) is 0. The molecule has 0 heterocycles. The first-order valence-electron chi connectivity index (χ1n) is 7.61. The van der Waals surface area contributed by atoms with Gasteiger partial charge in [0.05, 0.1) is 25.7 Å². The van der Waals surface area contributed by atoms with E-state index in [1.807, 2.05) is 60.7 Å². The smallest absolute Gasteiger partial charge is 0.335 e. The van der Waals surface area contributed by atoms with E-state index in [1.165, 1.54) is 14.2 Å². The molecular weight excluding hydrogens is 304 g/mol. The average molecular weight is 324 g/mol. The minimum Gasteiger partial charge on any atom is -0.469 e. The Kier molecular flexibility index (Phi) is 5.90. The Morgan fingerprint density at radius 1 is 0.792 bits per heavy atom. The van der Waals surface area contributed by atoms with E-state index < -0.39 is 17.9 Å². The van der Waals surface area contributed by atoms with Crippen LogP contribution in [0, 0.1) is 5.92 Å². The highest BCUT2D eigenvalue weighted by Crippen LogP contribution is 2.31. The highest BCUT2D eigenvalue weighted by Gasteiger charge is 2.29. The molecule has 0 bridgehead atoms. The second kappa shape index (κ2) is 8.11. The van der Waals surface area contributed by atoms with Crippen molar-refractivity contribution in [2.24, 2.45) is 5.92 Å². The molecule has 0 saturated carbocycles. The van der Waals surface area contributed by atoms with Crippen LogP contribution in [0.1, 0.15) is 18.1 Å². The summed E-state index contributed by atoms with van der Waals surface area (Å²) in [4.78, 5) is 24.6. The van der Waals surface area contributed by atoms with Gasteiger partial charge in [-0.2, -0.15) is 0 Å². The van der Waals surface area contributed by atoms with Crippen LogP contribution in [0.2, 0.25) is 0 Å². The molecule has 0 aliphatic heterocycles. The Morgan fingerprint density at radius 2 is 1.25 bits per heavy atom. The van der Waals surface area contributed by atoms with Crippen molar-refractivity contribution in [2.75, 3.05) is 14.2 Å². The molecule has 124 valence electrons. The van der Waals surface area contributed by atoms with Crippen molar-refractivity contribution >= 4 is 17.5 Å². The molecule has 0 unspecified atom stereocenters. The van der Waals surface area contributed by atoms with Crippen molar-refractivity contribution in [3.63, 3.8) is 0 Å². The van der Waals surface area contributed by atoms with Gasteiger partial charge in [0.25, 0.3) is 0 Å². The van der Waals surface area contributed by atoms with Gasteiger partial charge in [-0.05, 0) is 18.1 Å². The fourth-order valence-corrected chi connectivity index (χ4v) is 2.59. The Balaban J connectivity index is 2.78. The van der Waals surface area contributed by atoms with E-state index >= 15 is 0 Å². The van der Waals surface area contributed by atoms with Crippen LogP contribution in [0.15, 0.2) is 66.2 Å². The third kappa shape index (κ3) is 3.71.